The van der Waals surface area contributed by atoms with E-state index in [1.807, 2.05) is 6.92 Å². The van der Waals surface area contributed by atoms with Gasteiger partial charge in [0.2, 0.25) is 0 Å². The Kier molecular flexibility index (Phi) is 10.2. The lowest BCUT2D eigenvalue weighted by molar-refractivity contribution is -0.211. The van der Waals surface area contributed by atoms with E-state index in [2.05, 4.69) is 46.2 Å². The van der Waals surface area contributed by atoms with Crippen LogP contribution in [0.1, 0.15) is 99.3 Å². The Labute approximate surface area is 260 Å². The summed E-state index contributed by atoms with van der Waals surface area (Å²) in [6.45, 7) is 18.4. The van der Waals surface area contributed by atoms with E-state index in [0.29, 0.717) is 66.6 Å². The summed E-state index contributed by atoms with van der Waals surface area (Å²) in [5.74, 6) is 3.36. The Morgan fingerprint density at radius 2 is 1.79 bits per heavy atom. The molecule has 0 aromatic carbocycles. The van der Waals surface area contributed by atoms with Gasteiger partial charge in [0.25, 0.3) is 0 Å². The standard InChI is InChI=1S/C35H58NO6P/c1-8-36-18-13-24(5)30-15-20-41-43(39,42-30)40-19-14-23(4)26-9-10-27-32-28(12-17-34(26,27)6)35(7)16-11-25(37)21-29(35)31(22(2)3)33(32)38/h8,13,18,22-23,25-33,37-38H,5,9-12,14-17,19-21H2,1-4,6-7H3/b18-13-,36-8-/t23-,25-,26-,27?,28?,29?,30-,31-,32?,33-,34-,35-,43+/m1/s1. The third kappa shape index (κ3) is 6.30. The molecule has 0 aromatic heterocycles. The topological polar surface area (TPSA) is 97.6 Å². The lowest BCUT2D eigenvalue weighted by Gasteiger charge is -2.65. The maximum absolute atomic E-state index is 13.3. The zero-order valence-corrected chi connectivity index (χ0v) is 28.4. The Morgan fingerprint density at radius 1 is 1.07 bits per heavy atom. The van der Waals surface area contributed by atoms with Crippen molar-refractivity contribution in [2.45, 2.75) is 118 Å². The van der Waals surface area contributed by atoms with Crippen LogP contribution in [0.3, 0.4) is 0 Å². The lowest BCUT2D eigenvalue weighted by atomic mass is 9.40. The second-order valence-electron chi connectivity index (χ2n) is 15.4. The van der Waals surface area contributed by atoms with Crippen molar-refractivity contribution in [3.63, 3.8) is 0 Å². The number of rotatable bonds is 9. The first kappa shape index (κ1) is 33.5. The summed E-state index contributed by atoms with van der Waals surface area (Å²) < 4.78 is 30.5. The molecule has 8 heteroatoms. The molecule has 5 fully saturated rings. The van der Waals surface area contributed by atoms with Crippen molar-refractivity contribution in [3.05, 3.63) is 24.4 Å². The molecule has 0 radical (unpaired) electrons. The number of fused-ring (bicyclic) bond motifs is 5. The van der Waals surface area contributed by atoms with E-state index in [1.54, 1.807) is 18.5 Å². The third-order valence-electron chi connectivity index (χ3n) is 13.0. The molecule has 4 saturated carbocycles. The van der Waals surface area contributed by atoms with Gasteiger partial charge in [0.15, 0.2) is 0 Å². The predicted molar refractivity (Wildman–Crippen MR) is 172 cm³/mol. The van der Waals surface area contributed by atoms with E-state index >= 15 is 0 Å². The highest BCUT2D eigenvalue weighted by molar-refractivity contribution is 7.48. The molecular formula is C35H58NO6P. The maximum atomic E-state index is 13.3. The summed E-state index contributed by atoms with van der Waals surface area (Å²) >= 11 is 0. The molecule has 0 amide bonds. The first-order valence-corrected chi connectivity index (χ1v) is 18.6. The Morgan fingerprint density at radius 3 is 2.51 bits per heavy atom. The van der Waals surface area contributed by atoms with Crippen molar-refractivity contribution in [1.82, 2.24) is 0 Å². The van der Waals surface area contributed by atoms with E-state index in [1.165, 1.54) is 25.7 Å². The fourth-order valence-corrected chi connectivity index (χ4v) is 12.3. The Balaban J connectivity index is 1.23. The van der Waals surface area contributed by atoms with Gasteiger partial charge in [-0.05, 0) is 128 Å². The van der Waals surface area contributed by atoms with Crippen molar-refractivity contribution in [3.8, 4) is 0 Å². The van der Waals surface area contributed by atoms with Crippen molar-refractivity contribution in [2.75, 3.05) is 13.2 Å². The van der Waals surface area contributed by atoms with Gasteiger partial charge in [-0.2, -0.15) is 0 Å². The summed E-state index contributed by atoms with van der Waals surface area (Å²) in [4.78, 5) is 4.07. The van der Waals surface area contributed by atoms with Crippen LogP contribution in [0.2, 0.25) is 0 Å². The highest BCUT2D eigenvalue weighted by Gasteiger charge is 2.65. The van der Waals surface area contributed by atoms with Crippen molar-refractivity contribution >= 4 is 14.0 Å². The highest BCUT2D eigenvalue weighted by atomic mass is 31.2. The second-order valence-corrected chi connectivity index (χ2v) is 17.1. The quantitative estimate of drug-likeness (QED) is 0.154. The first-order valence-electron chi connectivity index (χ1n) is 17.1. The Hall–Kier alpha value is -0.820. The second kappa shape index (κ2) is 13.1. The average Bonchev–Trinajstić information content (AvgIpc) is 3.31. The number of phosphoric ester groups is 1. The number of nitrogens with zero attached hydrogens (tertiary/aromatic N) is 1. The zero-order chi connectivity index (χ0) is 31.2. The highest BCUT2D eigenvalue weighted by Crippen LogP contribution is 2.70. The molecule has 5 rings (SSSR count). The van der Waals surface area contributed by atoms with Crippen LogP contribution >= 0.6 is 7.82 Å². The summed E-state index contributed by atoms with van der Waals surface area (Å²) in [5.41, 5.74) is 1.09. The smallest absolute Gasteiger partial charge is 0.393 e. The van der Waals surface area contributed by atoms with Crippen LogP contribution in [0.15, 0.2) is 29.4 Å². The van der Waals surface area contributed by atoms with Gasteiger partial charge in [0, 0.05) is 18.8 Å². The molecule has 1 saturated heterocycles. The van der Waals surface area contributed by atoms with Gasteiger partial charge in [-0.15, -0.1) is 0 Å². The maximum Gasteiger partial charge on any atom is 0.475 e. The molecular weight excluding hydrogens is 561 g/mol. The molecule has 7 nitrogen and oxygen atoms in total. The minimum Gasteiger partial charge on any atom is -0.393 e. The third-order valence-corrected chi connectivity index (χ3v) is 14.5. The molecule has 5 aliphatic rings. The van der Waals surface area contributed by atoms with Gasteiger partial charge >= 0.3 is 7.82 Å². The van der Waals surface area contributed by atoms with E-state index < -0.39 is 13.9 Å². The average molecular weight is 620 g/mol. The zero-order valence-electron chi connectivity index (χ0n) is 27.5. The molecule has 43 heavy (non-hydrogen) atoms. The van der Waals surface area contributed by atoms with Gasteiger partial charge in [0.1, 0.15) is 0 Å². The van der Waals surface area contributed by atoms with Crippen LogP contribution in [-0.4, -0.2) is 48.0 Å². The van der Waals surface area contributed by atoms with Gasteiger partial charge in [-0.25, -0.2) is 4.57 Å². The number of phosphoric acid groups is 1. The fourth-order valence-electron chi connectivity index (χ4n) is 10.9. The van der Waals surface area contributed by atoms with Crippen molar-refractivity contribution in [1.29, 1.82) is 0 Å². The van der Waals surface area contributed by atoms with Gasteiger partial charge in [-0.1, -0.05) is 41.2 Å². The molecule has 1 heterocycles. The molecule has 0 aromatic rings. The molecule has 244 valence electrons. The number of hydrogen-bond donors (Lipinski definition) is 2. The fraction of sp³-hybridized carbons (Fsp3) is 0.857. The molecule has 4 unspecified atom stereocenters. The first-order chi connectivity index (χ1) is 20.3. The molecule has 0 spiro atoms. The summed E-state index contributed by atoms with van der Waals surface area (Å²) in [7, 11) is -3.65. The van der Waals surface area contributed by atoms with Crippen LogP contribution in [0.5, 0.6) is 0 Å². The number of aliphatic hydroxyl groups excluding tert-OH is 2. The molecule has 0 bridgehead atoms. The minimum absolute atomic E-state index is 0.179. The van der Waals surface area contributed by atoms with E-state index in [4.69, 9.17) is 13.6 Å². The summed E-state index contributed by atoms with van der Waals surface area (Å²) in [5, 5.41) is 22.8. The normalized spacial score (nSPS) is 47.4. The summed E-state index contributed by atoms with van der Waals surface area (Å²) in [6.07, 6.45) is 13.1. The monoisotopic (exact) mass is 619 g/mol. The number of hydrogen-bond acceptors (Lipinski definition) is 7. The van der Waals surface area contributed by atoms with Crippen LogP contribution in [0.4, 0.5) is 0 Å². The van der Waals surface area contributed by atoms with Crippen molar-refractivity contribution < 1.29 is 28.3 Å². The minimum atomic E-state index is -3.65. The largest absolute Gasteiger partial charge is 0.475 e. The van der Waals surface area contributed by atoms with E-state index in [-0.39, 0.29) is 29.0 Å². The SMILES string of the molecule is C=C(/C=C\N=C/C)[C@H]1CCO[P@](=O)(OCC[C@@H](C)[C@H]2CCC3C4C(CC[C@@]32C)[C@@]2(C)CC[C@@H](O)CC2[C@@H](C(C)C)[C@H]4O)O1. The molecule has 13 atom stereocenters. The molecule has 1 aliphatic heterocycles. The lowest BCUT2D eigenvalue weighted by Crippen LogP contribution is -2.63. The van der Waals surface area contributed by atoms with Crippen LogP contribution in [0, 0.1) is 58.2 Å². The number of aliphatic imine (C=N–C) groups is 1. The van der Waals surface area contributed by atoms with Crippen LogP contribution < -0.4 is 0 Å². The predicted octanol–water partition coefficient (Wildman–Crippen LogP) is 7.98. The Bertz CT molecular complexity index is 1110. The van der Waals surface area contributed by atoms with E-state index in [0.717, 1.165) is 25.7 Å². The van der Waals surface area contributed by atoms with Crippen molar-refractivity contribution in [2.24, 2.45) is 63.2 Å². The van der Waals surface area contributed by atoms with Crippen LogP contribution in [-0.2, 0) is 18.1 Å². The molecule has 4 aliphatic carbocycles. The van der Waals surface area contributed by atoms with E-state index in [9.17, 15) is 14.8 Å². The van der Waals surface area contributed by atoms with Crippen LogP contribution in [0.25, 0.3) is 0 Å². The molecule has 2 N–H and O–H groups in total. The van der Waals surface area contributed by atoms with Gasteiger partial charge in [-0.3, -0.25) is 18.6 Å². The van der Waals surface area contributed by atoms with Gasteiger partial charge < -0.3 is 10.2 Å². The summed E-state index contributed by atoms with van der Waals surface area (Å²) in [6, 6.07) is 0. The number of aliphatic hydroxyl groups is 2. The van der Waals surface area contributed by atoms with Gasteiger partial charge in [0.05, 0.1) is 31.5 Å².